The Morgan fingerprint density at radius 3 is 2.43 bits per heavy atom. The maximum absolute atomic E-state index is 12.4. The van der Waals surface area contributed by atoms with Crippen LogP contribution in [0.1, 0.15) is 24.8 Å². The number of carbonyl (C=O) groups excluding carboxylic acids is 2. The molecular weight excluding hydrogens is 294 g/mol. The molecule has 0 radical (unpaired) electrons. The van der Waals surface area contributed by atoms with Crippen molar-refractivity contribution in [2.75, 3.05) is 39.9 Å². The maximum atomic E-state index is 12.4. The fourth-order valence-corrected chi connectivity index (χ4v) is 2.72. The van der Waals surface area contributed by atoms with E-state index in [0.29, 0.717) is 39.0 Å². The molecule has 0 bridgehead atoms. The average molecular weight is 319 g/mol. The SMILES string of the molecule is COCCC(=O)N1CCCN(C(=O)CCc2cccnc2)CC1. The largest absolute Gasteiger partial charge is 0.384 e. The average Bonchev–Trinajstić information content (AvgIpc) is 2.84. The Bertz CT molecular complexity index is 507. The predicted octanol–water partition coefficient (Wildman–Crippen LogP) is 1.11. The number of rotatable bonds is 6. The summed E-state index contributed by atoms with van der Waals surface area (Å²) in [6.07, 6.45) is 5.97. The van der Waals surface area contributed by atoms with Crippen LogP contribution in [0.15, 0.2) is 24.5 Å². The number of methoxy groups -OCH3 is 1. The molecule has 1 aromatic heterocycles. The first-order chi connectivity index (χ1) is 11.2. The van der Waals surface area contributed by atoms with Crippen molar-refractivity contribution in [3.8, 4) is 0 Å². The highest BCUT2D eigenvalue weighted by molar-refractivity contribution is 5.78. The van der Waals surface area contributed by atoms with E-state index in [0.717, 1.165) is 25.1 Å². The summed E-state index contributed by atoms with van der Waals surface area (Å²) in [6.45, 7) is 3.11. The molecule has 0 atom stereocenters. The van der Waals surface area contributed by atoms with Crippen LogP contribution in [-0.2, 0) is 20.7 Å². The molecule has 1 aliphatic rings. The van der Waals surface area contributed by atoms with E-state index in [9.17, 15) is 9.59 Å². The van der Waals surface area contributed by atoms with Crippen molar-refractivity contribution in [3.05, 3.63) is 30.1 Å². The molecular formula is C17H25N3O3. The van der Waals surface area contributed by atoms with Crippen molar-refractivity contribution in [1.82, 2.24) is 14.8 Å². The van der Waals surface area contributed by atoms with Crippen LogP contribution in [0.25, 0.3) is 0 Å². The topological polar surface area (TPSA) is 62.7 Å². The van der Waals surface area contributed by atoms with Crippen molar-refractivity contribution in [2.45, 2.75) is 25.7 Å². The van der Waals surface area contributed by atoms with Gasteiger partial charge in [-0.2, -0.15) is 0 Å². The van der Waals surface area contributed by atoms with E-state index < -0.39 is 0 Å². The Labute approximate surface area is 137 Å². The van der Waals surface area contributed by atoms with Gasteiger partial charge in [0.25, 0.3) is 0 Å². The Morgan fingerprint density at radius 2 is 1.83 bits per heavy atom. The first-order valence-corrected chi connectivity index (χ1v) is 8.14. The molecule has 0 N–H and O–H groups in total. The van der Waals surface area contributed by atoms with Gasteiger partial charge in [0.1, 0.15) is 0 Å². The Hall–Kier alpha value is -1.95. The molecule has 2 amide bonds. The standard InChI is InChI=1S/C17H25N3O3/c1-23-13-7-17(22)20-10-3-9-19(11-12-20)16(21)6-5-15-4-2-8-18-14-15/h2,4,8,14H,3,5-7,9-13H2,1H3. The van der Waals surface area contributed by atoms with Crippen molar-refractivity contribution in [2.24, 2.45) is 0 Å². The number of aryl methyl sites for hydroxylation is 1. The molecule has 126 valence electrons. The number of hydrogen-bond acceptors (Lipinski definition) is 4. The second-order valence-electron chi connectivity index (χ2n) is 5.72. The molecule has 1 saturated heterocycles. The third-order valence-electron chi connectivity index (χ3n) is 4.07. The number of amides is 2. The van der Waals surface area contributed by atoms with Crippen LogP contribution in [0.3, 0.4) is 0 Å². The van der Waals surface area contributed by atoms with Gasteiger partial charge in [0.15, 0.2) is 0 Å². The number of aromatic nitrogens is 1. The van der Waals surface area contributed by atoms with Gasteiger partial charge in [-0.25, -0.2) is 0 Å². The number of pyridine rings is 1. The minimum atomic E-state index is 0.108. The van der Waals surface area contributed by atoms with E-state index in [1.54, 1.807) is 19.5 Å². The number of nitrogens with zero attached hydrogens (tertiary/aromatic N) is 3. The predicted molar refractivity (Wildman–Crippen MR) is 86.8 cm³/mol. The van der Waals surface area contributed by atoms with Gasteiger partial charge in [0.05, 0.1) is 13.0 Å². The van der Waals surface area contributed by atoms with E-state index in [4.69, 9.17) is 4.74 Å². The monoisotopic (exact) mass is 319 g/mol. The van der Waals surface area contributed by atoms with Crippen molar-refractivity contribution < 1.29 is 14.3 Å². The lowest BCUT2D eigenvalue weighted by molar-refractivity contribution is -0.134. The summed E-state index contributed by atoms with van der Waals surface area (Å²) in [7, 11) is 1.60. The first-order valence-electron chi connectivity index (χ1n) is 8.14. The molecule has 2 heterocycles. The summed E-state index contributed by atoms with van der Waals surface area (Å²) in [5.74, 6) is 0.261. The van der Waals surface area contributed by atoms with Crippen LogP contribution in [0.5, 0.6) is 0 Å². The summed E-state index contributed by atoms with van der Waals surface area (Å²) in [5, 5.41) is 0. The molecule has 0 aliphatic carbocycles. The van der Waals surface area contributed by atoms with Gasteiger partial charge in [-0.3, -0.25) is 14.6 Å². The van der Waals surface area contributed by atoms with Gasteiger partial charge >= 0.3 is 0 Å². The number of ether oxygens (including phenoxy) is 1. The first kappa shape index (κ1) is 17.4. The Morgan fingerprint density at radius 1 is 1.13 bits per heavy atom. The summed E-state index contributed by atoms with van der Waals surface area (Å²) in [5.41, 5.74) is 1.08. The van der Waals surface area contributed by atoms with Gasteiger partial charge in [-0.15, -0.1) is 0 Å². The van der Waals surface area contributed by atoms with Crippen molar-refractivity contribution in [1.29, 1.82) is 0 Å². The molecule has 6 heteroatoms. The van der Waals surface area contributed by atoms with Crippen LogP contribution in [-0.4, -0.2) is 66.5 Å². The Kier molecular flexibility index (Phi) is 7.00. The van der Waals surface area contributed by atoms with Crippen LogP contribution in [0.2, 0.25) is 0 Å². The maximum Gasteiger partial charge on any atom is 0.224 e. The van der Waals surface area contributed by atoms with E-state index >= 15 is 0 Å². The van der Waals surface area contributed by atoms with E-state index in [1.807, 2.05) is 21.9 Å². The molecule has 6 nitrogen and oxygen atoms in total. The minimum absolute atomic E-state index is 0.108. The van der Waals surface area contributed by atoms with Crippen LogP contribution < -0.4 is 0 Å². The molecule has 2 rings (SSSR count). The lowest BCUT2D eigenvalue weighted by Crippen LogP contribution is -2.37. The van der Waals surface area contributed by atoms with Crippen LogP contribution >= 0.6 is 0 Å². The number of carbonyl (C=O) groups is 2. The summed E-state index contributed by atoms with van der Waals surface area (Å²) in [6, 6.07) is 3.87. The minimum Gasteiger partial charge on any atom is -0.384 e. The highest BCUT2D eigenvalue weighted by Gasteiger charge is 2.21. The summed E-state index contributed by atoms with van der Waals surface area (Å²) < 4.78 is 4.95. The molecule has 23 heavy (non-hydrogen) atoms. The highest BCUT2D eigenvalue weighted by atomic mass is 16.5. The smallest absolute Gasteiger partial charge is 0.224 e. The fraction of sp³-hybridized carbons (Fsp3) is 0.588. The Balaban J connectivity index is 1.78. The molecule has 0 saturated carbocycles. The lowest BCUT2D eigenvalue weighted by atomic mass is 10.1. The molecule has 1 aromatic rings. The highest BCUT2D eigenvalue weighted by Crippen LogP contribution is 2.09. The molecule has 1 aliphatic heterocycles. The summed E-state index contributed by atoms with van der Waals surface area (Å²) >= 11 is 0. The van der Waals surface area contributed by atoms with Gasteiger partial charge in [-0.05, 0) is 24.5 Å². The van der Waals surface area contributed by atoms with Crippen LogP contribution in [0, 0.1) is 0 Å². The van der Waals surface area contributed by atoms with E-state index in [2.05, 4.69) is 4.98 Å². The fourth-order valence-electron chi connectivity index (χ4n) is 2.72. The van der Waals surface area contributed by atoms with Crippen molar-refractivity contribution >= 4 is 11.8 Å². The van der Waals surface area contributed by atoms with Gasteiger partial charge in [-0.1, -0.05) is 6.07 Å². The molecule has 1 fully saturated rings. The van der Waals surface area contributed by atoms with Crippen molar-refractivity contribution in [3.63, 3.8) is 0 Å². The summed E-state index contributed by atoms with van der Waals surface area (Å²) in [4.78, 5) is 32.2. The van der Waals surface area contributed by atoms with Crippen LogP contribution in [0.4, 0.5) is 0 Å². The molecule has 0 unspecified atom stereocenters. The molecule has 0 spiro atoms. The third kappa shape index (κ3) is 5.63. The second-order valence-corrected chi connectivity index (χ2v) is 5.72. The van der Waals surface area contributed by atoms with Gasteiger partial charge in [0.2, 0.25) is 11.8 Å². The molecule has 0 aromatic carbocycles. The lowest BCUT2D eigenvalue weighted by Gasteiger charge is -2.22. The number of hydrogen-bond donors (Lipinski definition) is 0. The van der Waals surface area contributed by atoms with Gasteiger partial charge in [0, 0.05) is 52.1 Å². The van der Waals surface area contributed by atoms with E-state index in [-0.39, 0.29) is 11.8 Å². The second kappa shape index (κ2) is 9.25. The zero-order chi connectivity index (χ0) is 16.5. The van der Waals surface area contributed by atoms with Gasteiger partial charge < -0.3 is 14.5 Å². The normalized spacial score (nSPS) is 15.3. The quantitative estimate of drug-likeness (QED) is 0.788. The zero-order valence-electron chi connectivity index (χ0n) is 13.7. The third-order valence-corrected chi connectivity index (χ3v) is 4.07. The zero-order valence-corrected chi connectivity index (χ0v) is 13.7. The van der Waals surface area contributed by atoms with E-state index in [1.165, 1.54) is 0 Å².